The van der Waals surface area contributed by atoms with Crippen LogP contribution in [0.15, 0.2) is 30.5 Å². The first-order valence-corrected chi connectivity index (χ1v) is 7.04. The monoisotopic (exact) mass is 321 g/mol. The van der Waals surface area contributed by atoms with Crippen molar-refractivity contribution in [3.8, 4) is 22.8 Å². The Morgan fingerprint density at radius 1 is 1.18 bits per heavy atom. The van der Waals surface area contributed by atoms with Gasteiger partial charge in [-0.3, -0.25) is 4.98 Å². The van der Waals surface area contributed by atoms with Crippen molar-refractivity contribution >= 4 is 17.6 Å². The van der Waals surface area contributed by atoms with Crippen molar-refractivity contribution in [1.82, 2.24) is 4.98 Å². The molecule has 0 saturated carbocycles. The lowest BCUT2D eigenvalue weighted by atomic mass is 10.1. The molecule has 0 bridgehead atoms. The number of aromatic nitrogens is 1. The summed E-state index contributed by atoms with van der Waals surface area (Å²) in [4.78, 5) is 16.4. The molecule has 0 aliphatic heterocycles. The SMILES string of the molecule is CCOC(=O)c1c(Cl)ccnc1-c1ccc(OC)c(OC)c1. The number of ether oxygens (including phenoxy) is 3. The van der Waals surface area contributed by atoms with Crippen LogP contribution in [0, 0.1) is 0 Å². The fourth-order valence-electron chi connectivity index (χ4n) is 2.04. The maximum Gasteiger partial charge on any atom is 0.341 e. The van der Waals surface area contributed by atoms with Crippen LogP contribution in [0.2, 0.25) is 5.02 Å². The summed E-state index contributed by atoms with van der Waals surface area (Å²) in [5.74, 6) is 0.618. The first-order valence-electron chi connectivity index (χ1n) is 6.66. The predicted molar refractivity (Wildman–Crippen MR) is 83.7 cm³/mol. The number of carbonyl (C=O) groups is 1. The number of esters is 1. The molecule has 0 amide bonds. The molecule has 6 heteroatoms. The molecule has 0 aliphatic rings. The third-order valence-corrected chi connectivity index (χ3v) is 3.35. The molecule has 116 valence electrons. The summed E-state index contributed by atoms with van der Waals surface area (Å²) in [6.07, 6.45) is 1.54. The number of benzene rings is 1. The molecule has 1 aromatic carbocycles. The molecule has 0 spiro atoms. The highest BCUT2D eigenvalue weighted by atomic mass is 35.5. The molecule has 2 rings (SSSR count). The maximum atomic E-state index is 12.1. The summed E-state index contributed by atoms with van der Waals surface area (Å²) in [5.41, 5.74) is 1.35. The first-order chi connectivity index (χ1) is 10.6. The Labute approximate surface area is 133 Å². The zero-order valence-electron chi connectivity index (χ0n) is 12.6. The average Bonchev–Trinajstić information content (AvgIpc) is 2.54. The van der Waals surface area contributed by atoms with Gasteiger partial charge >= 0.3 is 5.97 Å². The minimum atomic E-state index is -0.509. The standard InChI is InChI=1S/C16H16ClNO4/c1-4-22-16(19)14-11(17)7-8-18-15(14)10-5-6-12(20-2)13(9-10)21-3/h5-9H,4H2,1-3H3. The van der Waals surface area contributed by atoms with E-state index in [1.54, 1.807) is 45.4 Å². The number of hydrogen-bond donors (Lipinski definition) is 0. The van der Waals surface area contributed by atoms with Gasteiger partial charge in [0.25, 0.3) is 0 Å². The Morgan fingerprint density at radius 2 is 1.91 bits per heavy atom. The molecule has 2 aromatic rings. The van der Waals surface area contributed by atoms with E-state index >= 15 is 0 Å². The zero-order valence-corrected chi connectivity index (χ0v) is 13.3. The van der Waals surface area contributed by atoms with Crippen LogP contribution in [-0.4, -0.2) is 31.8 Å². The van der Waals surface area contributed by atoms with Gasteiger partial charge in [0.1, 0.15) is 5.56 Å². The Bertz CT molecular complexity index is 688. The van der Waals surface area contributed by atoms with Gasteiger partial charge in [-0.2, -0.15) is 0 Å². The summed E-state index contributed by atoms with van der Waals surface area (Å²) in [6.45, 7) is 1.99. The van der Waals surface area contributed by atoms with Crippen LogP contribution < -0.4 is 9.47 Å². The molecule has 0 fully saturated rings. The van der Waals surface area contributed by atoms with Crippen molar-refractivity contribution in [3.63, 3.8) is 0 Å². The van der Waals surface area contributed by atoms with Crippen molar-refractivity contribution in [3.05, 3.63) is 41.0 Å². The van der Waals surface area contributed by atoms with Crippen LogP contribution in [0.5, 0.6) is 11.5 Å². The summed E-state index contributed by atoms with van der Waals surface area (Å²) in [6, 6.07) is 6.81. The molecule has 0 radical (unpaired) electrons. The van der Waals surface area contributed by atoms with Gasteiger partial charge in [-0.15, -0.1) is 0 Å². The van der Waals surface area contributed by atoms with E-state index in [2.05, 4.69) is 4.98 Å². The van der Waals surface area contributed by atoms with E-state index in [1.807, 2.05) is 0 Å². The van der Waals surface area contributed by atoms with Gasteiger partial charge in [0.05, 0.1) is 31.5 Å². The molecular formula is C16H16ClNO4. The molecule has 0 atom stereocenters. The van der Waals surface area contributed by atoms with Gasteiger partial charge in [-0.05, 0) is 31.2 Å². The number of hydrogen-bond acceptors (Lipinski definition) is 5. The molecular weight excluding hydrogens is 306 g/mol. The molecule has 0 unspecified atom stereocenters. The third-order valence-electron chi connectivity index (χ3n) is 3.04. The topological polar surface area (TPSA) is 57.7 Å². The predicted octanol–water partition coefficient (Wildman–Crippen LogP) is 3.60. The summed E-state index contributed by atoms with van der Waals surface area (Å²) in [7, 11) is 3.10. The zero-order chi connectivity index (χ0) is 16.1. The second kappa shape index (κ2) is 7.13. The summed E-state index contributed by atoms with van der Waals surface area (Å²) < 4.78 is 15.5. The fraction of sp³-hybridized carbons (Fsp3) is 0.250. The molecule has 0 N–H and O–H groups in total. The normalized spacial score (nSPS) is 10.2. The number of carbonyl (C=O) groups excluding carboxylic acids is 1. The third kappa shape index (κ3) is 3.14. The Hall–Kier alpha value is -2.27. The van der Waals surface area contributed by atoms with Gasteiger partial charge in [-0.1, -0.05) is 11.6 Å². The minimum Gasteiger partial charge on any atom is -0.493 e. The minimum absolute atomic E-state index is 0.234. The maximum absolute atomic E-state index is 12.1. The van der Waals surface area contributed by atoms with E-state index in [-0.39, 0.29) is 12.2 Å². The number of rotatable bonds is 5. The van der Waals surface area contributed by atoms with Gasteiger partial charge in [0.2, 0.25) is 0 Å². The van der Waals surface area contributed by atoms with Crippen LogP contribution in [0.1, 0.15) is 17.3 Å². The lowest BCUT2D eigenvalue weighted by molar-refractivity contribution is 0.0527. The van der Waals surface area contributed by atoms with E-state index < -0.39 is 5.97 Å². The van der Waals surface area contributed by atoms with E-state index in [9.17, 15) is 4.79 Å². The highest BCUT2D eigenvalue weighted by molar-refractivity contribution is 6.34. The summed E-state index contributed by atoms with van der Waals surface area (Å²) >= 11 is 6.15. The van der Waals surface area contributed by atoms with Gasteiger partial charge in [0, 0.05) is 11.8 Å². The van der Waals surface area contributed by atoms with Gasteiger partial charge in [-0.25, -0.2) is 4.79 Å². The number of nitrogens with zero attached hydrogens (tertiary/aromatic N) is 1. The Balaban J connectivity index is 2.58. The molecule has 5 nitrogen and oxygen atoms in total. The van der Waals surface area contributed by atoms with E-state index in [0.29, 0.717) is 27.8 Å². The van der Waals surface area contributed by atoms with Crippen molar-refractivity contribution in [2.24, 2.45) is 0 Å². The van der Waals surface area contributed by atoms with Crippen molar-refractivity contribution in [2.75, 3.05) is 20.8 Å². The second-order valence-electron chi connectivity index (χ2n) is 4.31. The molecule has 22 heavy (non-hydrogen) atoms. The van der Waals surface area contributed by atoms with Crippen LogP contribution >= 0.6 is 11.6 Å². The van der Waals surface area contributed by atoms with Crippen LogP contribution in [0.25, 0.3) is 11.3 Å². The van der Waals surface area contributed by atoms with Crippen LogP contribution in [-0.2, 0) is 4.74 Å². The Morgan fingerprint density at radius 3 is 2.55 bits per heavy atom. The molecule has 0 aliphatic carbocycles. The van der Waals surface area contributed by atoms with Crippen molar-refractivity contribution in [1.29, 1.82) is 0 Å². The largest absolute Gasteiger partial charge is 0.493 e. The van der Waals surface area contributed by atoms with Crippen LogP contribution in [0.3, 0.4) is 0 Å². The fourth-order valence-corrected chi connectivity index (χ4v) is 2.26. The Kier molecular flexibility index (Phi) is 5.22. The molecule has 1 aromatic heterocycles. The van der Waals surface area contributed by atoms with Crippen molar-refractivity contribution in [2.45, 2.75) is 6.92 Å². The summed E-state index contributed by atoms with van der Waals surface area (Å²) in [5, 5.41) is 0.290. The smallest absolute Gasteiger partial charge is 0.341 e. The highest BCUT2D eigenvalue weighted by Crippen LogP contribution is 2.34. The number of methoxy groups -OCH3 is 2. The van der Waals surface area contributed by atoms with E-state index in [4.69, 9.17) is 25.8 Å². The second-order valence-corrected chi connectivity index (χ2v) is 4.71. The highest BCUT2D eigenvalue weighted by Gasteiger charge is 2.20. The van der Waals surface area contributed by atoms with Gasteiger partial charge < -0.3 is 14.2 Å². The molecule has 0 saturated heterocycles. The number of pyridine rings is 1. The first kappa shape index (κ1) is 16.1. The average molecular weight is 322 g/mol. The van der Waals surface area contributed by atoms with E-state index in [0.717, 1.165) is 0 Å². The lowest BCUT2D eigenvalue weighted by Gasteiger charge is -2.12. The van der Waals surface area contributed by atoms with Crippen molar-refractivity contribution < 1.29 is 19.0 Å². The van der Waals surface area contributed by atoms with Gasteiger partial charge in [0.15, 0.2) is 11.5 Å². The quantitative estimate of drug-likeness (QED) is 0.788. The molecule has 1 heterocycles. The lowest BCUT2D eigenvalue weighted by Crippen LogP contribution is -2.08. The van der Waals surface area contributed by atoms with Crippen LogP contribution in [0.4, 0.5) is 0 Å². The van der Waals surface area contributed by atoms with E-state index in [1.165, 1.54) is 6.20 Å². The number of halogens is 1.